The second-order valence-electron chi connectivity index (χ2n) is 4.61. The van der Waals surface area contributed by atoms with E-state index in [2.05, 4.69) is 4.98 Å². The first-order valence-electron chi connectivity index (χ1n) is 6.20. The van der Waals surface area contributed by atoms with Gasteiger partial charge < -0.3 is 10.6 Å². The fourth-order valence-corrected chi connectivity index (χ4v) is 2.46. The van der Waals surface area contributed by atoms with Crippen molar-refractivity contribution < 1.29 is 4.79 Å². The summed E-state index contributed by atoms with van der Waals surface area (Å²) in [4.78, 5) is 18.6. The minimum absolute atomic E-state index is 0.0674. The van der Waals surface area contributed by atoms with Crippen LogP contribution in [0.4, 0.5) is 5.82 Å². The molecule has 0 aliphatic carbocycles. The highest BCUT2D eigenvalue weighted by Crippen LogP contribution is 2.22. The summed E-state index contributed by atoms with van der Waals surface area (Å²) in [5.41, 5.74) is 7.22. The van der Waals surface area contributed by atoms with E-state index in [0.29, 0.717) is 11.4 Å². The number of pyridine rings is 1. The van der Waals surface area contributed by atoms with Crippen molar-refractivity contribution in [3.8, 4) is 0 Å². The van der Waals surface area contributed by atoms with Crippen LogP contribution in [0.2, 0.25) is 0 Å². The Balaban J connectivity index is 2.12. The Morgan fingerprint density at radius 2 is 1.94 bits per heavy atom. The molecular formula is C14H15N3O. The summed E-state index contributed by atoms with van der Waals surface area (Å²) < 4.78 is 0. The smallest absolute Gasteiger partial charge is 0.254 e. The lowest BCUT2D eigenvalue weighted by Gasteiger charge is -2.16. The highest BCUT2D eigenvalue weighted by molar-refractivity contribution is 6.06. The number of likely N-dealkylation sites (tertiary alicyclic amines) is 1. The van der Waals surface area contributed by atoms with Crippen LogP contribution in [-0.2, 0) is 0 Å². The molecule has 1 aliphatic heterocycles. The average molecular weight is 241 g/mol. The first-order valence-corrected chi connectivity index (χ1v) is 6.20. The third kappa shape index (κ3) is 1.79. The second kappa shape index (κ2) is 4.29. The van der Waals surface area contributed by atoms with E-state index in [9.17, 15) is 4.79 Å². The van der Waals surface area contributed by atoms with Crippen LogP contribution in [0.15, 0.2) is 30.3 Å². The van der Waals surface area contributed by atoms with E-state index in [4.69, 9.17) is 5.73 Å². The molecule has 2 aromatic rings. The van der Waals surface area contributed by atoms with Gasteiger partial charge in [0.05, 0.1) is 11.1 Å². The number of aromatic nitrogens is 1. The van der Waals surface area contributed by atoms with Crippen LogP contribution < -0.4 is 5.73 Å². The standard InChI is InChI=1S/C14H15N3O/c15-13-9-11(14(18)17-7-3-4-8-17)10-5-1-2-6-12(10)16-13/h1-2,5-6,9H,3-4,7-8H2,(H2,15,16). The molecule has 18 heavy (non-hydrogen) atoms. The van der Waals surface area contributed by atoms with Crippen LogP contribution >= 0.6 is 0 Å². The highest BCUT2D eigenvalue weighted by Gasteiger charge is 2.21. The summed E-state index contributed by atoms with van der Waals surface area (Å²) in [7, 11) is 0. The molecule has 0 atom stereocenters. The number of hydrogen-bond acceptors (Lipinski definition) is 3. The Morgan fingerprint density at radius 3 is 2.72 bits per heavy atom. The number of nitrogen functional groups attached to an aromatic ring is 1. The Morgan fingerprint density at radius 1 is 1.22 bits per heavy atom. The van der Waals surface area contributed by atoms with Crippen LogP contribution in [0, 0.1) is 0 Å². The van der Waals surface area contributed by atoms with Gasteiger partial charge >= 0.3 is 0 Å². The molecule has 92 valence electrons. The molecular weight excluding hydrogens is 226 g/mol. The van der Waals surface area contributed by atoms with E-state index in [1.165, 1.54) is 0 Å². The van der Waals surface area contributed by atoms with E-state index in [1.54, 1.807) is 6.07 Å². The van der Waals surface area contributed by atoms with Gasteiger partial charge in [-0.15, -0.1) is 0 Å². The summed E-state index contributed by atoms with van der Waals surface area (Å²) in [5.74, 6) is 0.467. The third-order valence-corrected chi connectivity index (χ3v) is 3.36. The largest absolute Gasteiger partial charge is 0.384 e. The van der Waals surface area contributed by atoms with Crippen molar-refractivity contribution in [2.24, 2.45) is 0 Å². The molecule has 3 rings (SSSR count). The number of hydrogen-bond donors (Lipinski definition) is 1. The first kappa shape index (κ1) is 11.0. The maximum absolute atomic E-state index is 12.5. The Kier molecular flexibility index (Phi) is 2.63. The van der Waals surface area contributed by atoms with Crippen molar-refractivity contribution in [2.45, 2.75) is 12.8 Å². The molecule has 1 amide bonds. The molecule has 1 aromatic heterocycles. The van der Waals surface area contributed by atoms with Gasteiger partial charge in [0.25, 0.3) is 5.91 Å². The fraction of sp³-hybridized carbons (Fsp3) is 0.286. The minimum atomic E-state index is 0.0674. The SMILES string of the molecule is Nc1cc(C(=O)N2CCCC2)c2ccccc2n1. The predicted octanol–water partition coefficient (Wildman–Crippen LogP) is 2.05. The molecule has 0 saturated carbocycles. The number of nitrogens with zero attached hydrogens (tertiary/aromatic N) is 2. The Labute approximate surface area is 105 Å². The van der Waals surface area contributed by atoms with Gasteiger partial charge in [0.2, 0.25) is 0 Å². The average Bonchev–Trinajstić information content (AvgIpc) is 2.90. The summed E-state index contributed by atoms with van der Waals surface area (Å²) in [5, 5.41) is 0.878. The maximum atomic E-state index is 12.5. The van der Waals surface area contributed by atoms with Gasteiger partial charge in [-0.2, -0.15) is 0 Å². The number of nitrogens with two attached hydrogens (primary N) is 1. The fourth-order valence-electron chi connectivity index (χ4n) is 2.46. The lowest BCUT2D eigenvalue weighted by atomic mass is 10.1. The summed E-state index contributed by atoms with van der Waals surface area (Å²) in [6, 6.07) is 9.31. The lowest BCUT2D eigenvalue weighted by Crippen LogP contribution is -2.28. The van der Waals surface area contributed by atoms with E-state index >= 15 is 0 Å². The molecule has 4 heteroatoms. The van der Waals surface area contributed by atoms with E-state index < -0.39 is 0 Å². The zero-order chi connectivity index (χ0) is 12.5. The van der Waals surface area contributed by atoms with Crippen molar-refractivity contribution in [1.82, 2.24) is 9.88 Å². The zero-order valence-corrected chi connectivity index (χ0v) is 10.1. The molecule has 1 saturated heterocycles. The van der Waals surface area contributed by atoms with Crippen LogP contribution in [0.1, 0.15) is 23.2 Å². The van der Waals surface area contributed by atoms with Crippen LogP contribution in [0.3, 0.4) is 0 Å². The van der Waals surface area contributed by atoms with Gasteiger partial charge in [-0.25, -0.2) is 4.98 Å². The number of rotatable bonds is 1. The Hall–Kier alpha value is -2.10. The van der Waals surface area contributed by atoms with Gasteiger partial charge in [-0.1, -0.05) is 18.2 Å². The normalized spacial score (nSPS) is 15.2. The number of anilines is 1. The predicted molar refractivity (Wildman–Crippen MR) is 71.3 cm³/mol. The first-order chi connectivity index (χ1) is 8.75. The number of benzene rings is 1. The molecule has 1 aromatic carbocycles. The molecule has 0 unspecified atom stereocenters. The number of carbonyl (C=O) groups is 1. The molecule has 0 radical (unpaired) electrons. The molecule has 0 bridgehead atoms. The quantitative estimate of drug-likeness (QED) is 0.831. The molecule has 1 aliphatic rings. The highest BCUT2D eigenvalue weighted by atomic mass is 16.2. The minimum Gasteiger partial charge on any atom is -0.384 e. The van der Waals surface area contributed by atoms with Gasteiger partial charge in [-0.05, 0) is 25.0 Å². The van der Waals surface area contributed by atoms with Crippen molar-refractivity contribution in [2.75, 3.05) is 18.8 Å². The van der Waals surface area contributed by atoms with E-state index in [0.717, 1.165) is 36.8 Å². The van der Waals surface area contributed by atoms with Crippen molar-refractivity contribution in [3.63, 3.8) is 0 Å². The van der Waals surface area contributed by atoms with Gasteiger partial charge in [0.15, 0.2) is 0 Å². The number of amides is 1. The zero-order valence-electron chi connectivity index (χ0n) is 10.1. The third-order valence-electron chi connectivity index (χ3n) is 3.36. The maximum Gasteiger partial charge on any atom is 0.254 e. The van der Waals surface area contributed by atoms with E-state index in [1.807, 2.05) is 29.2 Å². The molecule has 1 fully saturated rings. The van der Waals surface area contributed by atoms with Crippen LogP contribution in [0.25, 0.3) is 10.9 Å². The van der Waals surface area contributed by atoms with Gasteiger partial charge in [-0.3, -0.25) is 4.79 Å². The summed E-state index contributed by atoms with van der Waals surface area (Å²) in [6.07, 6.45) is 2.18. The molecule has 2 N–H and O–H groups in total. The van der Waals surface area contributed by atoms with Crippen molar-refractivity contribution in [1.29, 1.82) is 0 Å². The second-order valence-corrected chi connectivity index (χ2v) is 4.61. The topological polar surface area (TPSA) is 59.2 Å². The van der Waals surface area contributed by atoms with Crippen LogP contribution in [-0.4, -0.2) is 28.9 Å². The van der Waals surface area contributed by atoms with Crippen molar-refractivity contribution >= 4 is 22.6 Å². The number of para-hydroxylation sites is 1. The summed E-state index contributed by atoms with van der Waals surface area (Å²) >= 11 is 0. The van der Waals surface area contributed by atoms with Gasteiger partial charge in [0.1, 0.15) is 5.82 Å². The van der Waals surface area contributed by atoms with Crippen molar-refractivity contribution in [3.05, 3.63) is 35.9 Å². The Bertz CT molecular complexity index is 603. The lowest BCUT2D eigenvalue weighted by molar-refractivity contribution is 0.0795. The van der Waals surface area contributed by atoms with Crippen LogP contribution in [0.5, 0.6) is 0 Å². The number of fused-ring (bicyclic) bond motifs is 1. The monoisotopic (exact) mass is 241 g/mol. The molecule has 2 heterocycles. The molecule has 4 nitrogen and oxygen atoms in total. The molecule has 0 spiro atoms. The van der Waals surface area contributed by atoms with Gasteiger partial charge in [0, 0.05) is 18.5 Å². The number of carbonyl (C=O) groups excluding carboxylic acids is 1. The van der Waals surface area contributed by atoms with E-state index in [-0.39, 0.29) is 5.91 Å². The summed E-state index contributed by atoms with van der Waals surface area (Å²) in [6.45, 7) is 1.69.